The van der Waals surface area contributed by atoms with Gasteiger partial charge in [-0.2, -0.15) is 13.2 Å². The Hall–Kier alpha value is -2.46. The van der Waals surface area contributed by atoms with E-state index >= 15 is 0 Å². The first-order valence-corrected chi connectivity index (χ1v) is 10.4. The van der Waals surface area contributed by atoms with Crippen LogP contribution in [0.15, 0.2) is 41.3 Å². The van der Waals surface area contributed by atoms with Crippen molar-refractivity contribution in [1.82, 2.24) is 0 Å². The minimum atomic E-state index is -4.68. The predicted molar refractivity (Wildman–Crippen MR) is 99.2 cm³/mol. The number of hydrogen-bond acceptors (Lipinski definition) is 5. The Labute approximate surface area is 169 Å². The number of ether oxygens (including phenoxy) is 2. The number of amides is 1. The second-order valence-corrected chi connectivity index (χ2v) is 8.63. The molecule has 0 radical (unpaired) electrons. The van der Waals surface area contributed by atoms with E-state index in [1.165, 1.54) is 24.3 Å². The van der Waals surface area contributed by atoms with Crippen LogP contribution in [0.2, 0.25) is 5.02 Å². The molecule has 2 aromatic carbocycles. The Morgan fingerprint density at radius 1 is 1.07 bits per heavy atom. The molecule has 0 atom stereocenters. The highest BCUT2D eigenvalue weighted by molar-refractivity contribution is 7.91. The van der Waals surface area contributed by atoms with Crippen molar-refractivity contribution in [2.75, 3.05) is 24.3 Å². The summed E-state index contributed by atoms with van der Waals surface area (Å²) in [6.45, 7) is 0.653. The van der Waals surface area contributed by atoms with Gasteiger partial charge in [0.1, 0.15) is 13.2 Å². The summed E-state index contributed by atoms with van der Waals surface area (Å²) in [7, 11) is -3.82. The van der Waals surface area contributed by atoms with Gasteiger partial charge in [0, 0.05) is 18.2 Å². The molecular formula is C18H15ClF3NO5S. The van der Waals surface area contributed by atoms with Crippen LogP contribution in [0, 0.1) is 0 Å². The van der Waals surface area contributed by atoms with Gasteiger partial charge >= 0.3 is 6.18 Å². The highest BCUT2D eigenvalue weighted by atomic mass is 35.5. The van der Waals surface area contributed by atoms with Crippen LogP contribution < -0.4 is 14.8 Å². The van der Waals surface area contributed by atoms with Gasteiger partial charge in [0.15, 0.2) is 21.3 Å². The smallest absolute Gasteiger partial charge is 0.417 e. The first-order chi connectivity index (χ1) is 13.6. The van der Waals surface area contributed by atoms with Gasteiger partial charge in [-0.25, -0.2) is 8.42 Å². The Morgan fingerprint density at radius 3 is 2.45 bits per heavy atom. The number of rotatable bonds is 5. The largest absolute Gasteiger partial charge is 0.486 e. The highest BCUT2D eigenvalue weighted by Crippen LogP contribution is 2.36. The van der Waals surface area contributed by atoms with Gasteiger partial charge in [-0.1, -0.05) is 11.6 Å². The summed E-state index contributed by atoms with van der Waals surface area (Å²) < 4.78 is 74.2. The third-order valence-corrected chi connectivity index (χ3v) is 6.07. The first kappa shape index (κ1) is 21.3. The Morgan fingerprint density at radius 2 is 1.76 bits per heavy atom. The third-order valence-electron chi connectivity index (χ3n) is 4.03. The number of carbonyl (C=O) groups is 1. The molecule has 0 saturated heterocycles. The number of alkyl halides is 3. The molecule has 1 heterocycles. The van der Waals surface area contributed by atoms with Crippen molar-refractivity contribution in [2.24, 2.45) is 0 Å². The van der Waals surface area contributed by atoms with Crippen molar-refractivity contribution in [3.63, 3.8) is 0 Å². The van der Waals surface area contributed by atoms with Gasteiger partial charge in [-0.3, -0.25) is 4.79 Å². The van der Waals surface area contributed by atoms with Crippen molar-refractivity contribution >= 4 is 33.0 Å². The number of halogens is 4. The van der Waals surface area contributed by atoms with E-state index in [1.54, 1.807) is 0 Å². The van der Waals surface area contributed by atoms with Gasteiger partial charge in [0.25, 0.3) is 0 Å². The maximum absolute atomic E-state index is 12.9. The topological polar surface area (TPSA) is 81.7 Å². The van der Waals surface area contributed by atoms with Gasteiger partial charge in [-0.05, 0) is 30.3 Å². The Bertz CT molecular complexity index is 1040. The van der Waals surface area contributed by atoms with E-state index in [9.17, 15) is 26.4 Å². The van der Waals surface area contributed by atoms with Crippen LogP contribution in [0.5, 0.6) is 11.5 Å². The minimum Gasteiger partial charge on any atom is -0.486 e. The number of hydrogen-bond donors (Lipinski definition) is 1. The summed E-state index contributed by atoms with van der Waals surface area (Å²) in [5.41, 5.74) is -1.23. The summed E-state index contributed by atoms with van der Waals surface area (Å²) in [6, 6.07) is 7.02. The fraction of sp³-hybridized carbons (Fsp3) is 0.278. The minimum absolute atomic E-state index is 0.0413. The monoisotopic (exact) mass is 449 g/mol. The van der Waals surface area contributed by atoms with Crippen LogP contribution in [0.4, 0.5) is 18.9 Å². The third kappa shape index (κ3) is 5.13. The molecular weight excluding hydrogens is 435 g/mol. The number of anilines is 1. The second-order valence-electron chi connectivity index (χ2n) is 6.11. The Kier molecular flexibility index (Phi) is 5.95. The average molecular weight is 450 g/mol. The molecule has 1 aliphatic heterocycles. The molecule has 0 unspecified atom stereocenters. The molecule has 2 aromatic rings. The lowest BCUT2D eigenvalue weighted by atomic mass is 10.2. The van der Waals surface area contributed by atoms with E-state index in [2.05, 4.69) is 5.32 Å². The van der Waals surface area contributed by atoms with Crippen molar-refractivity contribution in [3.8, 4) is 11.5 Å². The zero-order chi connectivity index (χ0) is 21.2. The summed E-state index contributed by atoms with van der Waals surface area (Å²) in [5, 5.41) is 1.75. The molecule has 1 N–H and O–H groups in total. The summed E-state index contributed by atoms with van der Waals surface area (Å²) in [4.78, 5) is 12.0. The molecule has 3 rings (SSSR count). The average Bonchev–Trinajstić information content (AvgIpc) is 2.67. The molecule has 0 aromatic heterocycles. The number of sulfone groups is 1. The number of fused-ring (bicyclic) bond motifs is 1. The standard InChI is InChI=1S/C18H15ClF3NO5S/c19-14-3-1-11(9-13(14)18(20,21)22)23-17(24)5-8-29(25,26)12-2-4-15-16(10-12)28-7-6-27-15/h1-4,9-10H,5-8H2,(H,23,24). The van der Waals surface area contributed by atoms with E-state index in [0.717, 1.165) is 6.07 Å². The molecule has 0 bridgehead atoms. The van der Waals surface area contributed by atoms with Gasteiger partial charge in [-0.15, -0.1) is 0 Å². The van der Waals surface area contributed by atoms with E-state index in [-0.39, 0.29) is 10.6 Å². The lowest BCUT2D eigenvalue weighted by molar-refractivity contribution is -0.137. The summed E-state index contributed by atoms with van der Waals surface area (Å²) in [6.07, 6.45) is -5.12. The van der Waals surface area contributed by atoms with Crippen LogP contribution in [0.25, 0.3) is 0 Å². The second kappa shape index (κ2) is 8.11. The van der Waals surface area contributed by atoms with Crippen LogP contribution in [0.1, 0.15) is 12.0 Å². The molecule has 0 aliphatic carbocycles. The van der Waals surface area contributed by atoms with Crippen molar-refractivity contribution in [1.29, 1.82) is 0 Å². The van der Waals surface area contributed by atoms with E-state index < -0.39 is 44.7 Å². The van der Waals surface area contributed by atoms with Crippen LogP contribution in [-0.4, -0.2) is 33.3 Å². The van der Waals surface area contributed by atoms with Crippen LogP contribution in [-0.2, 0) is 20.8 Å². The summed E-state index contributed by atoms with van der Waals surface area (Å²) >= 11 is 5.53. The van der Waals surface area contributed by atoms with Gasteiger partial charge < -0.3 is 14.8 Å². The zero-order valence-electron chi connectivity index (χ0n) is 14.8. The lowest BCUT2D eigenvalue weighted by Gasteiger charge is -2.18. The molecule has 1 aliphatic rings. The predicted octanol–water partition coefficient (Wildman–Crippen LogP) is 3.93. The number of benzene rings is 2. The molecule has 0 saturated carbocycles. The lowest BCUT2D eigenvalue weighted by Crippen LogP contribution is -2.19. The fourth-order valence-electron chi connectivity index (χ4n) is 2.61. The van der Waals surface area contributed by atoms with Gasteiger partial charge in [0.2, 0.25) is 5.91 Å². The molecule has 29 heavy (non-hydrogen) atoms. The van der Waals surface area contributed by atoms with E-state index in [1.807, 2.05) is 0 Å². The molecule has 1 amide bonds. The molecule has 11 heteroatoms. The van der Waals surface area contributed by atoms with E-state index in [4.69, 9.17) is 21.1 Å². The first-order valence-electron chi connectivity index (χ1n) is 8.35. The molecule has 156 valence electrons. The van der Waals surface area contributed by atoms with Crippen molar-refractivity contribution in [3.05, 3.63) is 47.0 Å². The van der Waals surface area contributed by atoms with Gasteiger partial charge in [0.05, 0.1) is 21.2 Å². The van der Waals surface area contributed by atoms with Crippen LogP contribution in [0.3, 0.4) is 0 Å². The van der Waals surface area contributed by atoms with E-state index in [0.29, 0.717) is 30.8 Å². The molecule has 6 nitrogen and oxygen atoms in total. The SMILES string of the molecule is O=C(CCS(=O)(=O)c1ccc2c(c1)OCCO2)Nc1ccc(Cl)c(C(F)(F)F)c1. The quantitative estimate of drug-likeness (QED) is 0.748. The number of nitrogens with one attached hydrogen (secondary N) is 1. The zero-order valence-corrected chi connectivity index (χ0v) is 16.3. The number of carbonyl (C=O) groups excluding carboxylic acids is 1. The maximum Gasteiger partial charge on any atom is 0.417 e. The van der Waals surface area contributed by atoms with Crippen molar-refractivity contribution in [2.45, 2.75) is 17.5 Å². The van der Waals surface area contributed by atoms with Crippen molar-refractivity contribution < 1.29 is 35.9 Å². The maximum atomic E-state index is 12.9. The normalized spacial score (nSPS) is 13.8. The van der Waals surface area contributed by atoms with Crippen LogP contribution >= 0.6 is 11.6 Å². The fourth-order valence-corrected chi connectivity index (χ4v) is 4.08. The summed E-state index contributed by atoms with van der Waals surface area (Å²) in [5.74, 6) is -0.557. The Balaban J connectivity index is 1.66. The highest BCUT2D eigenvalue weighted by Gasteiger charge is 2.33. The molecule has 0 fully saturated rings. The molecule has 0 spiro atoms.